The molecule has 19 heavy (non-hydrogen) atoms. The van der Waals surface area contributed by atoms with Gasteiger partial charge in [-0.05, 0) is 26.2 Å². The number of rotatable bonds is 6. The van der Waals surface area contributed by atoms with Crippen molar-refractivity contribution in [2.45, 2.75) is 71.1 Å². The molecule has 2 fully saturated rings. The van der Waals surface area contributed by atoms with Crippen molar-refractivity contribution in [2.75, 3.05) is 13.2 Å². The molecule has 2 N–H and O–H groups in total. The lowest BCUT2D eigenvalue weighted by Gasteiger charge is -2.58. The molecule has 0 spiro atoms. The van der Waals surface area contributed by atoms with Crippen LogP contribution in [0.4, 0.5) is 0 Å². The van der Waals surface area contributed by atoms with Crippen LogP contribution in [0, 0.1) is 5.41 Å². The molecule has 0 radical (unpaired) electrons. The first kappa shape index (κ1) is 14.8. The maximum atomic E-state index is 12.8. The summed E-state index contributed by atoms with van der Waals surface area (Å²) in [7, 11) is 0. The zero-order chi connectivity index (χ0) is 14.3. The van der Waals surface area contributed by atoms with E-state index in [1.165, 1.54) is 0 Å². The van der Waals surface area contributed by atoms with Crippen LogP contribution in [0.3, 0.4) is 0 Å². The van der Waals surface area contributed by atoms with Crippen molar-refractivity contribution in [3.63, 3.8) is 0 Å². The van der Waals surface area contributed by atoms with E-state index in [0.29, 0.717) is 19.1 Å². The first-order chi connectivity index (χ1) is 8.88. The van der Waals surface area contributed by atoms with Crippen LogP contribution in [0.1, 0.15) is 53.4 Å². The summed E-state index contributed by atoms with van der Waals surface area (Å²) in [5.74, 6) is 0.137. The topological polar surface area (TPSA) is 55.6 Å². The molecule has 110 valence electrons. The van der Waals surface area contributed by atoms with Gasteiger partial charge in [-0.3, -0.25) is 4.79 Å². The molecule has 0 aromatic heterocycles. The van der Waals surface area contributed by atoms with Gasteiger partial charge >= 0.3 is 0 Å². The molecule has 2 saturated carbocycles. The van der Waals surface area contributed by atoms with Gasteiger partial charge in [-0.1, -0.05) is 20.8 Å². The summed E-state index contributed by atoms with van der Waals surface area (Å²) in [6.07, 6.45) is 4.02. The van der Waals surface area contributed by atoms with Crippen LogP contribution in [-0.4, -0.2) is 41.6 Å². The van der Waals surface area contributed by atoms with Crippen molar-refractivity contribution in [3.8, 4) is 0 Å². The highest BCUT2D eigenvalue weighted by Crippen LogP contribution is 2.51. The third kappa shape index (κ3) is 2.29. The van der Waals surface area contributed by atoms with E-state index >= 15 is 0 Å². The Morgan fingerprint density at radius 3 is 2.42 bits per heavy atom. The second-order valence-electron chi connectivity index (χ2n) is 6.57. The summed E-state index contributed by atoms with van der Waals surface area (Å²) < 4.78 is 5.70. The van der Waals surface area contributed by atoms with Crippen molar-refractivity contribution in [1.29, 1.82) is 0 Å². The van der Waals surface area contributed by atoms with Crippen molar-refractivity contribution in [3.05, 3.63) is 0 Å². The molecule has 0 heterocycles. The Hall–Kier alpha value is -0.610. The van der Waals surface area contributed by atoms with E-state index in [1.54, 1.807) is 0 Å². The van der Waals surface area contributed by atoms with Crippen molar-refractivity contribution >= 4 is 5.91 Å². The summed E-state index contributed by atoms with van der Waals surface area (Å²) in [5, 5.41) is 0. The first-order valence-electron chi connectivity index (χ1n) is 7.60. The van der Waals surface area contributed by atoms with Gasteiger partial charge < -0.3 is 15.4 Å². The first-order valence-corrected chi connectivity index (χ1v) is 7.60. The molecule has 1 amide bonds. The zero-order valence-corrected chi connectivity index (χ0v) is 12.7. The number of amides is 1. The van der Waals surface area contributed by atoms with Gasteiger partial charge in [0.05, 0.1) is 6.10 Å². The average molecular weight is 268 g/mol. The van der Waals surface area contributed by atoms with Gasteiger partial charge in [0, 0.05) is 31.0 Å². The quantitative estimate of drug-likeness (QED) is 0.800. The smallest absolute Gasteiger partial charge is 0.243 e. The number of nitrogens with two attached hydrogens (primary N) is 1. The van der Waals surface area contributed by atoms with Crippen LogP contribution < -0.4 is 5.73 Å². The van der Waals surface area contributed by atoms with E-state index in [-0.39, 0.29) is 17.4 Å². The Morgan fingerprint density at radius 1 is 1.37 bits per heavy atom. The van der Waals surface area contributed by atoms with Gasteiger partial charge in [-0.15, -0.1) is 0 Å². The molecule has 2 rings (SSSR count). The Bertz CT molecular complexity index is 352. The van der Waals surface area contributed by atoms with E-state index in [4.69, 9.17) is 10.5 Å². The van der Waals surface area contributed by atoms with Crippen LogP contribution >= 0.6 is 0 Å². The molecule has 0 saturated heterocycles. The maximum Gasteiger partial charge on any atom is 0.243 e. The third-order valence-electron chi connectivity index (χ3n) is 4.92. The summed E-state index contributed by atoms with van der Waals surface area (Å²) in [6.45, 7) is 9.73. The van der Waals surface area contributed by atoms with Crippen molar-refractivity contribution in [1.82, 2.24) is 4.90 Å². The molecule has 2 unspecified atom stereocenters. The van der Waals surface area contributed by atoms with E-state index < -0.39 is 5.54 Å². The fourth-order valence-corrected chi connectivity index (χ4v) is 3.13. The molecule has 2 aliphatic carbocycles. The van der Waals surface area contributed by atoms with Crippen LogP contribution in [0.5, 0.6) is 0 Å². The Morgan fingerprint density at radius 2 is 2.00 bits per heavy atom. The molecule has 4 nitrogen and oxygen atoms in total. The Balaban J connectivity index is 2.09. The number of ether oxygens (including phenoxy) is 1. The fraction of sp³-hybridized carbons (Fsp3) is 0.933. The standard InChI is InChI=1S/C15H28N2O2/c1-5-9-17(11-7-8-11)13(18)15(16)10-12(19-6-2)14(15,3)4/h11-12H,5-10,16H2,1-4H3. The van der Waals surface area contributed by atoms with Gasteiger partial charge in [0.15, 0.2) is 0 Å². The lowest BCUT2D eigenvalue weighted by atomic mass is 9.54. The van der Waals surface area contributed by atoms with E-state index in [2.05, 4.69) is 20.8 Å². The fourth-order valence-electron chi connectivity index (χ4n) is 3.13. The molecule has 2 atom stereocenters. The number of hydrogen-bond acceptors (Lipinski definition) is 3. The lowest BCUT2D eigenvalue weighted by molar-refractivity contribution is -0.179. The highest BCUT2D eigenvalue weighted by Gasteiger charge is 2.64. The van der Waals surface area contributed by atoms with Gasteiger partial charge in [-0.2, -0.15) is 0 Å². The van der Waals surface area contributed by atoms with Crippen LogP contribution in [0.2, 0.25) is 0 Å². The summed E-state index contributed by atoms with van der Waals surface area (Å²) in [6, 6.07) is 0.440. The molecule has 0 bridgehead atoms. The normalized spacial score (nSPS) is 32.8. The Kier molecular flexibility index (Phi) is 3.94. The zero-order valence-electron chi connectivity index (χ0n) is 12.7. The van der Waals surface area contributed by atoms with Crippen LogP contribution in [0.25, 0.3) is 0 Å². The number of hydrogen-bond donors (Lipinski definition) is 1. The van der Waals surface area contributed by atoms with Gasteiger partial charge in [0.1, 0.15) is 5.54 Å². The van der Waals surface area contributed by atoms with Crippen LogP contribution in [-0.2, 0) is 9.53 Å². The maximum absolute atomic E-state index is 12.8. The summed E-state index contributed by atoms with van der Waals surface area (Å²) in [5.41, 5.74) is 5.45. The predicted molar refractivity (Wildman–Crippen MR) is 75.8 cm³/mol. The highest BCUT2D eigenvalue weighted by molar-refractivity contribution is 5.89. The lowest BCUT2D eigenvalue weighted by Crippen LogP contribution is -2.76. The Labute approximate surface area is 116 Å². The predicted octanol–water partition coefficient (Wildman–Crippen LogP) is 1.92. The van der Waals surface area contributed by atoms with Gasteiger partial charge in [0.25, 0.3) is 0 Å². The monoisotopic (exact) mass is 268 g/mol. The van der Waals surface area contributed by atoms with Crippen molar-refractivity contribution in [2.24, 2.45) is 11.1 Å². The minimum absolute atomic E-state index is 0.106. The van der Waals surface area contributed by atoms with E-state index in [1.807, 2.05) is 11.8 Å². The van der Waals surface area contributed by atoms with Crippen molar-refractivity contribution < 1.29 is 9.53 Å². The molecule has 0 aromatic carbocycles. The highest BCUT2D eigenvalue weighted by atomic mass is 16.5. The van der Waals surface area contributed by atoms with Crippen LogP contribution in [0.15, 0.2) is 0 Å². The average Bonchev–Trinajstić information content (AvgIpc) is 3.18. The molecule has 0 aromatic rings. The molecule has 2 aliphatic rings. The molecular formula is C15H28N2O2. The largest absolute Gasteiger partial charge is 0.378 e. The molecule has 0 aliphatic heterocycles. The summed E-state index contributed by atoms with van der Waals surface area (Å²) in [4.78, 5) is 14.8. The number of nitrogens with zero attached hydrogens (tertiary/aromatic N) is 1. The minimum atomic E-state index is -0.745. The molecular weight excluding hydrogens is 240 g/mol. The SMILES string of the molecule is CCCN(C(=O)C1(N)CC(OCC)C1(C)C)C1CC1. The molecule has 4 heteroatoms. The summed E-state index contributed by atoms with van der Waals surface area (Å²) >= 11 is 0. The van der Waals surface area contributed by atoms with Gasteiger partial charge in [0.2, 0.25) is 5.91 Å². The second kappa shape index (κ2) is 5.06. The number of carbonyl (C=O) groups is 1. The second-order valence-corrected chi connectivity index (χ2v) is 6.57. The third-order valence-corrected chi connectivity index (χ3v) is 4.92. The minimum Gasteiger partial charge on any atom is -0.378 e. The van der Waals surface area contributed by atoms with E-state index in [9.17, 15) is 4.79 Å². The van der Waals surface area contributed by atoms with E-state index in [0.717, 1.165) is 25.8 Å². The van der Waals surface area contributed by atoms with Gasteiger partial charge in [-0.25, -0.2) is 0 Å². The number of carbonyl (C=O) groups excluding carboxylic acids is 1.